The number of nitrogens with zero attached hydrogens (tertiary/aromatic N) is 4. The fraction of sp³-hybridized carbons (Fsp3) is 0.0500. The molecule has 0 saturated heterocycles. The maximum absolute atomic E-state index is 14.0. The summed E-state index contributed by atoms with van der Waals surface area (Å²) in [6.45, 7) is 0. The third-order valence-electron chi connectivity index (χ3n) is 4.03. The summed E-state index contributed by atoms with van der Waals surface area (Å²) >= 11 is 7.35. The Morgan fingerprint density at radius 1 is 0.964 bits per heavy atom. The summed E-state index contributed by atoms with van der Waals surface area (Å²) in [6.07, 6.45) is 3.34. The Kier molecular flexibility index (Phi) is 5.36. The first kappa shape index (κ1) is 18.6. The minimum atomic E-state index is -0.589. The highest BCUT2D eigenvalue weighted by Gasteiger charge is 2.18. The first-order valence-electron chi connectivity index (χ1n) is 8.31. The van der Waals surface area contributed by atoms with E-state index in [4.69, 9.17) is 11.6 Å². The van der Waals surface area contributed by atoms with Gasteiger partial charge in [-0.2, -0.15) is 0 Å². The Bertz CT molecular complexity index is 1100. The summed E-state index contributed by atoms with van der Waals surface area (Å²) in [4.78, 5) is 4.13. The lowest BCUT2D eigenvalue weighted by atomic mass is 10.2. The van der Waals surface area contributed by atoms with E-state index in [0.29, 0.717) is 16.0 Å². The van der Waals surface area contributed by atoms with Gasteiger partial charge in [-0.15, -0.1) is 10.2 Å². The van der Waals surface area contributed by atoms with Crippen LogP contribution in [0.3, 0.4) is 0 Å². The molecule has 28 heavy (non-hydrogen) atoms. The van der Waals surface area contributed by atoms with Gasteiger partial charge in [0.05, 0.1) is 5.69 Å². The molecule has 0 amide bonds. The van der Waals surface area contributed by atoms with Gasteiger partial charge in [-0.05, 0) is 42.5 Å². The molecule has 0 radical (unpaired) electrons. The third-order valence-corrected chi connectivity index (χ3v) is 5.22. The molecular weight excluding hydrogens is 402 g/mol. The maximum Gasteiger partial charge on any atom is 0.196 e. The summed E-state index contributed by atoms with van der Waals surface area (Å²) < 4.78 is 29.8. The van der Waals surface area contributed by atoms with Crippen LogP contribution in [0.15, 0.2) is 72.1 Å². The van der Waals surface area contributed by atoms with Crippen molar-refractivity contribution >= 4 is 23.4 Å². The van der Waals surface area contributed by atoms with Gasteiger partial charge in [-0.1, -0.05) is 35.5 Å². The molecule has 0 bridgehead atoms. The van der Waals surface area contributed by atoms with Crippen molar-refractivity contribution in [1.82, 2.24) is 19.7 Å². The average molecular weight is 415 g/mol. The second-order valence-corrected chi connectivity index (χ2v) is 7.23. The van der Waals surface area contributed by atoms with Crippen LogP contribution >= 0.6 is 23.4 Å². The topological polar surface area (TPSA) is 43.6 Å². The van der Waals surface area contributed by atoms with Crippen molar-refractivity contribution in [2.24, 2.45) is 0 Å². The van der Waals surface area contributed by atoms with Crippen LogP contribution in [0, 0.1) is 11.6 Å². The van der Waals surface area contributed by atoms with E-state index in [2.05, 4.69) is 15.2 Å². The molecule has 2 aromatic carbocycles. The van der Waals surface area contributed by atoms with Crippen LogP contribution in [0.1, 0.15) is 5.56 Å². The standard InChI is InChI=1S/C20H13ClF2N4S/c21-14-5-1-6-15(10-14)27-19(13-4-3-9-24-11-13)25-26-20(27)28-12-16-17(22)7-2-8-18(16)23/h1-11H,12H2. The van der Waals surface area contributed by atoms with Gasteiger partial charge < -0.3 is 0 Å². The Hall–Kier alpha value is -2.77. The highest BCUT2D eigenvalue weighted by molar-refractivity contribution is 7.98. The van der Waals surface area contributed by atoms with Gasteiger partial charge in [0, 0.05) is 34.3 Å². The second-order valence-electron chi connectivity index (χ2n) is 5.85. The number of rotatable bonds is 5. The molecule has 0 saturated carbocycles. The van der Waals surface area contributed by atoms with Crippen molar-refractivity contribution in [2.45, 2.75) is 10.9 Å². The summed E-state index contributed by atoms with van der Waals surface area (Å²) in [6, 6.07) is 14.7. The van der Waals surface area contributed by atoms with Crippen LogP contribution in [0.4, 0.5) is 8.78 Å². The zero-order chi connectivity index (χ0) is 19.5. The number of hydrogen-bond donors (Lipinski definition) is 0. The first-order chi connectivity index (χ1) is 13.6. The Balaban J connectivity index is 1.76. The number of halogens is 3. The van der Waals surface area contributed by atoms with Crippen LogP contribution in [0.5, 0.6) is 0 Å². The molecule has 4 aromatic rings. The van der Waals surface area contributed by atoms with Crippen molar-refractivity contribution in [3.8, 4) is 17.1 Å². The molecule has 0 aliphatic carbocycles. The van der Waals surface area contributed by atoms with Crippen LogP contribution in [-0.4, -0.2) is 19.7 Å². The van der Waals surface area contributed by atoms with E-state index in [0.717, 1.165) is 11.3 Å². The van der Waals surface area contributed by atoms with E-state index in [-0.39, 0.29) is 11.3 Å². The maximum atomic E-state index is 14.0. The summed E-state index contributed by atoms with van der Waals surface area (Å²) in [5, 5.41) is 9.55. The lowest BCUT2D eigenvalue weighted by Gasteiger charge is -2.11. The molecule has 4 rings (SSSR count). The predicted molar refractivity (Wildman–Crippen MR) is 106 cm³/mol. The number of benzene rings is 2. The first-order valence-corrected chi connectivity index (χ1v) is 9.67. The minimum absolute atomic E-state index is 0.00364. The highest BCUT2D eigenvalue weighted by Crippen LogP contribution is 2.31. The van der Waals surface area contributed by atoms with Crippen molar-refractivity contribution in [3.63, 3.8) is 0 Å². The van der Waals surface area contributed by atoms with Crippen LogP contribution in [0.2, 0.25) is 5.02 Å². The molecule has 0 aliphatic heterocycles. The number of thioether (sulfide) groups is 1. The molecule has 0 fully saturated rings. The Morgan fingerprint density at radius 2 is 1.75 bits per heavy atom. The van der Waals surface area contributed by atoms with Gasteiger partial charge in [0.2, 0.25) is 0 Å². The second kappa shape index (κ2) is 8.08. The lowest BCUT2D eigenvalue weighted by Crippen LogP contribution is -2.01. The molecule has 140 valence electrons. The molecule has 2 aromatic heterocycles. The molecular formula is C20H13ClF2N4S. The van der Waals surface area contributed by atoms with Crippen molar-refractivity contribution in [2.75, 3.05) is 0 Å². The van der Waals surface area contributed by atoms with Gasteiger partial charge in [0.25, 0.3) is 0 Å². The monoisotopic (exact) mass is 414 g/mol. The van der Waals surface area contributed by atoms with Gasteiger partial charge in [0.1, 0.15) is 11.6 Å². The SMILES string of the molecule is Fc1cccc(F)c1CSc1nnc(-c2cccnc2)n1-c1cccc(Cl)c1. The molecule has 2 heterocycles. The molecule has 0 unspecified atom stereocenters. The van der Waals surface area contributed by atoms with Gasteiger partial charge in [-0.3, -0.25) is 9.55 Å². The Labute approximate surface area is 169 Å². The summed E-state index contributed by atoms with van der Waals surface area (Å²) in [7, 11) is 0. The van der Waals surface area contributed by atoms with Gasteiger partial charge in [0.15, 0.2) is 11.0 Å². The molecule has 0 N–H and O–H groups in total. The van der Waals surface area contributed by atoms with Crippen LogP contribution in [0.25, 0.3) is 17.1 Å². The van der Waals surface area contributed by atoms with Crippen molar-refractivity contribution < 1.29 is 8.78 Å². The minimum Gasteiger partial charge on any atom is -0.270 e. The van der Waals surface area contributed by atoms with Crippen molar-refractivity contribution in [1.29, 1.82) is 0 Å². The zero-order valence-electron chi connectivity index (χ0n) is 14.4. The predicted octanol–water partition coefficient (Wildman–Crippen LogP) is 5.55. The smallest absolute Gasteiger partial charge is 0.196 e. The number of hydrogen-bond acceptors (Lipinski definition) is 4. The largest absolute Gasteiger partial charge is 0.270 e. The normalized spacial score (nSPS) is 11.0. The molecule has 8 heteroatoms. The van der Waals surface area contributed by atoms with E-state index in [1.54, 1.807) is 35.2 Å². The van der Waals surface area contributed by atoms with E-state index in [9.17, 15) is 8.78 Å². The average Bonchev–Trinajstić information content (AvgIpc) is 3.12. The van der Waals surface area contributed by atoms with E-state index < -0.39 is 11.6 Å². The fourth-order valence-electron chi connectivity index (χ4n) is 2.70. The van der Waals surface area contributed by atoms with Crippen molar-refractivity contribution in [3.05, 3.63) is 89.2 Å². The van der Waals surface area contributed by atoms with Crippen LogP contribution in [-0.2, 0) is 5.75 Å². The lowest BCUT2D eigenvalue weighted by molar-refractivity contribution is 0.566. The Morgan fingerprint density at radius 3 is 2.46 bits per heavy atom. The highest BCUT2D eigenvalue weighted by atomic mass is 35.5. The molecule has 0 atom stereocenters. The van der Waals surface area contributed by atoms with Crippen LogP contribution < -0.4 is 0 Å². The molecule has 0 aliphatic rings. The third kappa shape index (κ3) is 3.76. The van der Waals surface area contributed by atoms with E-state index in [1.807, 2.05) is 18.2 Å². The number of pyridine rings is 1. The van der Waals surface area contributed by atoms with E-state index in [1.165, 1.54) is 30.0 Å². The quantitative estimate of drug-likeness (QED) is 0.401. The van der Waals surface area contributed by atoms with Gasteiger partial charge >= 0.3 is 0 Å². The number of aromatic nitrogens is 4. The van der Waals surface area contributed by atoms with E-state index >= 15 is 0 Å². The fourth-order valence-corrected chi connectivity index (χ4v) is 3.85. The summed E-state index contributed by atoms with van der Waals surface area (Å²) in [5.41, 5.74) is 1.50. The zero-order valence-corrected chi connectivity index (χ0v) is 16.0. The summed E-state index contributed by atoms with van der Waals surface area (Å²) in [5.74, 6) is -0.543. The molecule has 0 spiro atoms. The van der Waals surface area contributed by atoms with Gasteiger partial charge in [-0.25, -0.2) is 8.78 Å². The molecule has 4 nitrogen and oxygen atoms in total.